The first-order valence-electron chi connectivity index (χ1n) is 27.7. The molecule has 0 aliphatic carbocycles. The molecular formula is C63H100O6. The predicted octanol–water partition coefficient (Wildman–Crippen LogP) is 18.6. The van der Waals surface area contributed by atoms with Crippen LogP contribution in [0.5, 0.6) is 0 Å². The van der Waals surface area contributed by atoms with Crippen molar-refractivity contribution in [3.8, 4) is 0 Å². The molecule has 0 amide bonds. The molecule has 6 nitrogen and oxygen atoms in total. The first-order chi connectivity index (χ1) is 34.0. The van der Waals surface area contributed by atoms with E-state index >= 15 is 0 Å². The van der Waals surface area contributed by atoms with E-state index in [9.17, 15) is 14.4 Å². The third kappa shape index (κ3) is 54.4. The molecule has 0 saturated heterocycles. The summed E-state index contributed by atoms with van der Waals surface area (Å²) in [6, 6.07) is 0. The SMILES string of the molecule is CC/C=C/C/C=C/C/C=C/CCCCCCCC(=O)OC[C@H](COC(=O)CCCCC/C=C/C/C=C/C/C=C/C/C=C/CCCCC)OC(=O)CCC/C=C/C/C=C/C/C=C/C/C=C/CCCCC. The summed E-state index contributed by atoms with van der Waals surface area (Å²) in [7, 11) is 0. The Morgan fingerprint density at radius 3 is 0.942 bits per heavy atom. The van der Waals surface area contributed by atoms with Gasteiger partial charge in [0.15, 0.2) is 6.10 Å². The van der Waals surface area contributed by atoms with E-state index < -0.39 is 6.10 Å². The van der Waals surface area contributed by atoms with Gasteiger partial charge < -0.3 is 14.2 Å². The molecular weight excluding hydrogens is 853 g/mol. The van der Waals surface area contributed by atoms with Crippen LogP contribution in [0.2, 0.25) is 0 Å². The summed E-state index contributed by atoms with van der Waals surface area (Å²) in [5.41, 5.74) is 0. The fourth-order valence-electron chi connectivity index (χ4n) is 6.96. The zero-order chi connectivity index (χ0) is 50.0. The van der Waals surface area contributed by atoms with Gasteiger partial charge in [-0.25, -0.2) is 0 Å². The monoisotopic (exact) mass is 953 g/mol. The molecule has 1 atom stereocenters. The van der Waals surface area contributed by atoms with Gasteiger partial charge in [-0.05, 0) is 135 Å². The molecule has 0 aromatic rings. The van der Waals surface area contributed by atoms with Crippen LogP contribution >= 0.6 is 0 Å². The average Bonchev–Trinajstić information content (AvgIpc) is 3.35. The maximum atomic E-state index is 12.8. The topological polar surface area (TPSA) is 78.9 Å². The first kappa shape index (κ1) is 64.5. The molecule has 0 fully saturated rings. The Morgan fingerprint density at radius 2 is 0.580 bits per heavy atom. The maximum Gasteiger partial charge on any atom is 0.306 e. The maximum absolute atomic E-state index is 12.8. The Labute approximate surface area is 424 Å². The van der Waals surface area contributed by atoms with Crippen molar-refractivity contribution < 1.29 is 28.6 Å². The van der Waals surface area contributed by atoms with Crippen LogP contribution in [-0.4, -0.2) is 37.2 Å². The molecule has 0 radical (unpaired) electrons. The molecule has 6 heteroatoms. The molecule has 0 aliphatic rings. The number of esters is 3. The van der Waals surface area contributed by atoms with Crippen LogP contribution in [0.3, 0.4) is 0 Å². The van der Waals surface area contributed by atoms with E-state index in [2.05, 4.69) is 154 Å². The van der Waals surface area contributed by atoms with Crippen LogP contribution in [0.1, 0.15) is 226 Å². The summed E-state index contributed by atoms with van der Waals surface area (Å²) in [6.45, 7) is 6.37. The van der Waals surface area contributed by atoms with Crippen molar-refractivity contribution in [3.63, 3.8) is 0 Å². The number of rotatable bonds is 48. The number of hydrogen-bond donors (Lipinski definition) is 0. The summed E-state index contributed by atoms with van der Waals surface area (Å²) in [4.78, 5) is 38.1. The van der Waals surface area contributed by atoms with Crippen molar-refractivity contribution in [2.24, 2.45) is 0 Å². The Morgan fingerprint density at radius 1 is 0.304 bits per heavy atom. The zero-order valence-electron chi connectivity index (χ0n) is 44.3. The Kier molecular flexibility index (Phi) is 52.5. The molecule has 0 heterocycles. The third-order valence-corrected chi connectivity index (χ3v) is 11.1. The number of allylic oxidation sites excluding steroid dienone is 22. The lowest BCUT2D eigenvalue weighted by Gasteiger charge is -2.18. The van der Waals surface area contributed by atoms with Crippen molar-refractivity contribution in [1.82, 2.24) is 0 Å². The summed E-state index contributed by atoms with van der Waals surface area (Å²) < 4.78 is 16.7. The number of carbonyl (C=O) groups excluding carboxylic acids is 3. The van der Waals surface area contributed by atoms with Gasteiger partial charge in [0.1, 0.15) is 13.2 Å². The Balaban J connectivity index is 4.59. The second-order valence-electron chi connectivity index (χ2n) is 17.7. The molecule has 0 aliphatic heterocycles. The van der Waals surface area contributed by atoms with Gasteiger partial charge in [-0.2, -0.15) is 0 Å². The highest BCUT2D eigenvalue weighted by Crippen LogP contribution is 2.12. The third-order valence-electron chi connectivity index (χ3n) is 11.1. The molecule has 0 N–H and O–H groups in total. The summed E-state index contributed by atoms with van der Waals surface area (Å²) >= 11 is 0. The second kappa shape index (κ2) is 56.1. The molecule has 0 saturated carbocycles. The predicted molar refractivity (Wildman–Crippen MR) is 297 cm³/mol. The Bertz CT molecular complexity index is 1510. The lowest BCUT2D eigenvalue weighted by atomic mass is 10.1. The van der Waals surface area contributed by atoms with Gasteiger partial charge in [0.2, 0.25) is 0 Å². The largest absolute Gasteiger partial charge is 0.462 e. The van der Waals surface area contributed by atoms with Gasteiger partial charge in [-0.1, -0.05) is 206 Å². The van der Waals surface area contributed by atoms with Gasteiger partial charge in [0.25, 0.3) is 0 Å². The van der Waals surface area contributed by atoms with Crippen molar-refractivity contribution in [2.45, 2.75) is 232 Å². The fourth-order valence-corrected chi connectivity index (χ4v) is 6.96. The molecule has 0 aromatic carbocycles. The summed E-state index contributed by atoms with van der Waals surface area (Å²) in [5, 5.41) is 0. The highest BCUT2D eigenvalue weighted by Gasteiger charge is 2.19. The van der Waals surface area contributed by atoms with E-state index in [0.29, 0.717) is 19.3 Å². The van der Waals surface area contributed by atoms with Crippen molar-refractivity contribution in [1.29, 1.82) is 0 Å². The smallest absolute Gasteiger partial charge is 0.306 e. The highest BCUT2D eigenvalue weighted by atomic mass is 16.6. The Hall–Kier alpha value is -4.45. The van der Waals surface area contributed by atoms with Crippen LogP contribution < -0.4 is 0 Å². The fraction of sp³-hybridized carbons (Fsp3) is 0.603. The van der Waals surface area contributed by atoms with Gasteiger partial charge in [-0.15, -0.1) is 0 Å². The van der Waals surface area contributed by atoms with Crippen LogP contribution in [0.4, 0.5) is 0 Å². The molecule has 388 valence electrons. The van der Waals surface area contributed by atoms with Crippen molar-refractivity contribution in [2.75, 3.05) is 13.2 Å². The first-order valence-corrected chi connectivity index (χ1v) is 27.7. The van der Waals surface area contributed by atoms with E-state index in [4.69, 9.17) is 14.2 Å². The molecule has 0 aromatic heterocycles. The standard InChI is InChI=1S/C63H100O6/c1-4-7-10-13-16-19-22-25-28-30-31-33-35-38-41-44-47-50-53-56-62(65)68-59-60(58-67-61(64)55-52-49-46-43-40-37-34-27-24-21-18-15-12-9-6-3)69-63(66)57-54-51-48-45-42-39-36-32-29-26-23-20-17-14-11-8-5-2/h9,12,16-21,25-29,31,33-34,36,38-39,41,45,48,60H,4-8,10-11,13-15,22-24,30,32,35,37,40,42-44,46-47,49-59H2,1-3H3/b12-9+,19-16+,20-17+,21-18+,28-25+,29-26+,33-31+,34-27+,39-36+,41-38+,48-45+/t60-/m1/s1. The van der Waals surface area contributed by atoms with Crippen molar-refractivity contribution >= 4 is 17.9 Å². The van der Waals surface area contributed by atoms with Crippen LogP contribution in [0, 0.1) is 0 Å². The highest BCUT2D eigenvalue weighted by molar-refractivity contribution is 5.71. The van der Waals surface area contributed by atoms with E-state index in [1.165, 1.54) is 51.4 Å². The van der Waals surface area contributed by atoms with Gasteiger partial charge in [0.05, 0.1) is 0 Å². The minimum atomic E-state index is -0.833. The molecule has 0 unspecified atom stereocenters. The quantitative estimate of drug-likeness (QED) is 0.0262. The number of unbranched alkanes of at least 4 members (excludes halogenated alkanes) is 15. The number of carbonyl (C=O) groups is 3. The van der Waals surface area contributed by atoms with E-state index in [1.54, 1.807) is 0 Å². The van der Waals surface area contributed by atoms with E-state index in [-0.39, 0.29) is 37.5 Å². The van der Waals surface area contributed by atoms with Gasteiger partial charge >= 0.3 is 17.9 Å². The van der Waals surface area contributed by atoms with Crippen LogP contribution in [0.25, 0.3) is 0 Å². The van der Waals surface area contributed by atoms with Gasteiger partial charge in [0, 0.05) is 19.3 Å². The van der Waals surface area contributed by atoms with Crippen LogP contribution in [-0.2, 0) is 28.6 Å². The van der Waals surface area contributed by atoms with Crippen LogP contribution in [0.15, 0.2) is 134 Å². The second-order valence-corrected chi connectivity index (χ2v) is 17.7. The average molecular weight is 953 g/mol. The minimum absolute atomic E-state index is 0.124. The lowest BCUT2D eigenvalue weighted by molar-refractivity contribution is -0.167. The summed E-state index contributed by atoms with van der Waals surface area (Å²) in [5.74, 6) is -1.03. The number of hydrogen-bond acceptors (Lipinski definition) is 6. The van der Waals surface area contributed by atoms with E-state index in [0.717, 1.165) is 128 Å². The van der Waals surface area contributed by atoms with Gasteiger partial charge in [-0.3, -0.25) is 14.4 Å². The number of ether oxygens (including phenoxy) is 3. The van der Waals surface area contributed by atoms with E-state index in [1.807, 2.05) is 0 Å². The minimum Gasteiger partial charge on any atom is -0.462 e. The van der Waals surface area contributed by atoms with Crippen molar-refractivity contribution in [3.05, 3.63) is 134 Å². The molecule has 69 heavy (non-hydrogen) atoms. The zero-order valence-corrected chi connectivity index (χ0v) is 44.3. The molecule has 0 spiro atoms. The normalized spacial score (nSPS) is 13.1. The lowest BCUT2D eigenvalue weighted by Crippen LogP contribution is -2.30. The molecule has 0 rings (SSSR count). The molecule has 0 bridgehead atoms. The summed E-state index contributed by atoms with van der Waals surface area (Å²) in [6.07, 6.45) is 78.7.